The molecule has 1 aromatic rings. The summed E-state index contributed by atoms with van der Waals surface area (Å²) in [6.45, 7) is 2.39. The average molecular weight is 354 g/mol. The Morgan fingerprint density at radius 1 is 1.48 bits per heavy atom. The summed E-state index contributed by atoms with van der Waals surface area (Å²) in [4.78, 5) is 6.76. The molecule has 3 unspecified atom stereocenters. The van der Waals surface area contributed by atoms with Gasteiger partial charge in [-0.1, -0.05) is 19.8 Å². The van der Waals surface area contributed by atoms with Gasteiger partial charge in [0.2, 0.25) is 0 Å². The maximum atomic E-state index is 4.31. The van der Waals surface area contributed by atoms with Crippen LogP contribution >= 0.6 is 15.9 Å². The molecule has 0 spiro atoms. The molecule has 2 rings (SSSR count). The van der Waals surface area contributed by atoms with Crippen LogP contribution in [0.3, 0.4) is 0 Å². The summed E-state index contributed by atoms with van der Waals surface area (Å²) in [6.07, 6.45) is 10.1. The fraction of sp³-hybridized carbons (Fsp3) is 0.706. The Morgan fingerprint density at radius 3 is 2.81 bits per heavy atom. The first kappa shape index (κ1) is 16.9. The molecule has 118 valence electrons. The minimum atomic E-state index is 0.245. The van der Waals surface area contributed by atoms with E-state index in [1.54, 1.807) is 0 Å². The van der Waals surface area contributed by atoms with E-state index in [-0.39, 0.29) is 5.54 Å². The van der Waals surface area contributed by atoms with Gasteiger partial charge in [0.05, 0.1) is 0 Å². The van der Waals surface area contributed by atoms with E-state index in [0.29, 0.717) is 6.04 Å². The number of likely N-dealkylation sites (N-methyl/N-ethyl adjacent to an activating group) is 2. The molecule has 1 saturated carbocycles. The fourth-order valence-electron chi connectivity index (χ4n) is 3.96. The van der Waals surface area contributed by atoms with Crippen LogP contribution in [0.1, 0.15) is 38.2 Å². The van der Waals surface area contributed by atoms with Crippen molar-refractivity contribution in [3.63, 3.8) is 0 Å². The zero-order valence-electron chi connectivity index (χ0n) is 13.7. The van der Waals surface area contributed by atoms with Gasteiger partial charge in [0, 0.05) is 28.4 Å². The van der Waals surface area contributed by atoms with Crippen LogP contribution < -0.4 is 5.32 Å². The van der Waals surface area contributed by atoms with Crippen LogP contribution in [0.25, 0.3) is 0 Å². The molecule has 1 N–H and O–H groups in total. The number of rotatable bonds is 5. The smallest absolute Gasteiger partial charge is 0.0410 e. The molecule has 1 aromatic heterocycles. The van der Waals surface area contributed by atoms with E-state index in [2.05, 4.69) is 65.3 Å². The highest BCUT2D eigenvalue weighted by molar-refractivity contribution is 9.10. The summed E-state index contributed by atoms with van der Waals surface area (Å²) in [5, 5.41) is 3.60. The standard InChI is InChI=1S/C17H28BrN3/c1-13-6-5-7-17(10-13,21(3)4)16(19-2)9-14-8-15(18)12-20-11-14/h8,11-13,16,19H,5-7,9-10H2,1-4H3. The topological polar surface area (TPSA) is 28.2 Å². The molecule has 3 nitrogen and oxygen atoms in total. The van der Waals surface area contributed by atoms with Crippen molar-refractivity contribution in [3.05, 3.63) is 28.5 Å². The quantitative estimate of drug-likeness (QED) is 0.878. The molecule has 0 saturated heterocycles. The van der Waals surface area contributed by atoms with Crippen LogP contribution in [0.15, 0.2) is 22.9 Å². The Morgan fingerprint density at radius 2 is 2.24 bits per heavy atom. The molecule has 1 fully saturated rings. The number of aromatic nitrogens is 1. The third-order valence-corrected chi connectivity index (χ3v) is 5.53. The molecule has 0 aliphatic heterocycles. The predicted octanol–water partition coefficient (Wildman–Crippen LogP) is 3.49. The molecular weight excluding hydrogens is 326 g/mol. The first-order valence-electron chi connectivity index (χ1n) is 7.92. The lowest BCUT2D eigenvalue weighted by atomic mass is 9.70. The van der Waals surface area contributed by atoms with Gasteiger partial charge in [0.1, 0.15) is 0 Å². The van der Waals surface area contributed by atoms with Gasteiger partial charge < -0.3 is 10.2 Å². The van der Waals surface area contributed by atoms with E-state index < -0.39 is 0 Å². The van der Waals surface area contributed by atoms with Crippen molar-refractivity contribution in [2.75, 3.05) is 21.1 Å². The highest BCUT2D eigenvalue weighted by atomic mass is 79.9. The van der Waals surface area contributed by atoms with Crippen molar-refractivity contribution in [1.29, 1.82) is 0 Å². The third kappa shape index (κ3) is 3.85. The Kier molecular flexibility index (Phi) is 5.81. The number of hydrogen-bond donors (Lipinski definition) is 1. The summed E-state index contributed by atoms with van der Waals surface area (Å²) in [5.41, 5.74) is 1.54. The van der Waals surface area contributed by atoms with Gasteiger partial charge in [-0.2, -0.15) is 0 Å². The SMILES string of the molecule is CNC(Cc1cncc(Br)c1)C1(N(C)C)CCCC(C)C1. The Bertz CT molecular complexity index is 463. The fourth-order valence-corrected chi connectivity index (χ4v) is 4.37. The molecule has 1 aliphatic carbocycles. The summed E-state index contributed by atoms with van der Waals surface area (Å²) >= 11 is 3.53. The van der Waals surface area contributed by atoms with Gasteiger partial charge in [-0.05, 0) is 73.9 Å². The molecule has 0 amide bonds. The van der Waals surface area contributed by atoms with Gasteiger partial charge in [0.25, 0.3) is 0 Å². The predicted molar refractivity (Wildman–Crippen MR) is 92.5 cm³/mol. The van der Waals surface area contributed by atoms with Gasteiger partial charge in [0.15, 0.2) is 0 Å². The lowest BCUT2D eigenvalue weighted by molar-refractivity contribution is 0.0399. The largest absolute Gasteiger partial charge is 0.315 e. The minimum absolute atomic E-state index is 0.245. The molecular formula is C17H28BrN3. The second-order valence-electron chi connectivity index (χ2n) is 6.76. The lowest BCUT2D eigenvalue weighted by Gasteiger charge is -2.50. The summed E-state index contributed by atoms with van der Waals surface area (Å²) in [6, 6.07) is 2.64. The van der Waals surface area contributed by atoms with E-state index in [9.17, 15) is 0 Å². The van der Waals surface area contributed by atoms with Crippen LogP contribution in [0.5, 0.6) is 0 Å². The zero-order chi connectivity index (χ0) is 15.5. The first-order chi connectivity index (χ1) is 9.98. The molecule has 0 radical (unpaired) electrons. The number of pyridine rings is 1. The second-order valence-corrected chi connectivity index (χ2v) is 7.67. The molecule has 0 aromatic carbocycles. The molecule has 1 aliphatic rings. The molecule has 4 heteroatoms. The number of hydrogen-bond acceptors (Lipinski definition) is 3. The molecule has 0 bridgehead atoms. The van der Waals surface area contributed by atoms with Gasteiger partial charge >= 0.3 is 0 Å². The Labute approximate surface area is 137 Å². The van der Waals surface area contributed by atoms with E-state index in [1.807, 2.05) is 12.4 Å². The maximum Gasteiger partial charge on any atom is 0.0410 e. The number of nitrogens with one attached hydrogen (secondary N) is 1. The molecule has 21 heavy (non-hydrogen) atoms. The minimum Gasteiger partial charge on any atom is -0.315 e. The van der Waals surface area contributed by atoms with Crippen LogP contribution in [-0.4, -0.2) is 42.6 Å². The van der Waals surface area contributed by atoms with Crippen molar-refractivity contribution < 1.29 is 0 Å². The van der Waals surface area contributed by atoms with Gasteiger partial charge in [-0.3, -0.25) is 4.98 Å². The van der Waals surface area contributed by atoms with Crippen molar-refractivity contribution >= 4 is 15.9 Å². The second kappa shape index (κ2) is 7.21. The van der Waals surface area contributed by atoms with Crippen LogP contribution in [0, 0.1) is 5.92 Å². The Hall–Kier alpha value is -0.450. The monoisotopic (exact) mass is 353 g/mol. The van der Waals surface area contributed by atoms with Crippen LogP contribution in [0.4, 0.5) is 0 Å². The van der Waals surface area contributed by atoms with Crippen molar-refractivity contribution in [2.24, 2.45) is 5.92 Å². The van der Waals surface area contributed by atoms with E-state index in [4.69, 9.17) is 0 Å². The number of nitrogens with zero attached hydrogens (tertiary/aromatic N) is 2. The number of halogens is 1. The highest BCUT2D eigenvalue weighted by Crippen LogP contribution is 2.39. The normalized spacial score (nSPS) is 27.8. The van der Waals surface area contributed by atoms with Crippen molar-refractivity contribution in [2.45, 2.75) is 50.6 Å². The average Bonchev–Trinajstić information content (AvgIpc) is 2.44. The van der Waals surface area contributed by atoms with Crippen LogP contribution in [-0.2, 0) is 6.42 Å². The van der Waals surface area contributed by atoms with E-state index >= 15 is 0 Å². The summed E-state index contributed by atoms with van der Waals surface area (Å²) in [5.74, 6) is 0.803. The van der Waals surface area contributed by atoms with Crippen molar-refractivity contribution in [1.82, 2.24) is 15.2 Å². The zero-order valence-corrected chi connectivity index (χ0v) is 15.3. The first-order valence-corrected chi connectivity index (χ1v) is 8.71. The lowest BCUT2D eigenvalue weighted by Crippen LogP contribution is -2.61. The van der Waals surface area contributed by atoms with Gasteiger partial charge in [-0.25, -0.2) is 0 Å². The summed E-state index contributed by atoms with van der Waals surface area (Å²) < 4.78 is 1.06. The van der Waals surface area contributed by atoms with Crippen LogP contribution in [0.2, 0.25) is 0 Å². The van der Waals surface area contributed by atoms with Crippen molar-refractivity contribution in [3.8, 4) is 0 Å². The van der Waals surface area contributed by atoms with Gasteiger partial charge in [-0.15, -0.1) is 0 Å². The third-order valence-electron chi connectivity index (χ3n) is 5.10. The molecule has 3 atom stereocenters. The maximum absolute atomic E-state index is 4.31. The summed E-state index contributed by atoms with van der Waals surface area (Å²) in [7, 11) is 6.57. The Balaban J connectivity index is 2.23. The van der Waals surface area contributed by atoms with E-state index in [1.165, 1.54) is 31.2 Å². The molecule has 1 heterocycles. The highest BCUT2D eigenvalue weighted by Gasteiger charge is 2.42. The van der Waals surface area contributed by atoms with E-state index in [0.717, 1.165) is 16.8 Å².